The lowest BCUT2D eigenvalue weighted by Crippen LogP contribution is -2.20. The fourth-order valence-corrected chi connectivity index (χ4v) is 3.67. The van der Waals surface area contributed by atoms with Crippen molar-refractivity contribution in [1.82, 2.24) is 0 Å². The van der Waals surface area contributed by atoms with Crippen molar-refractivity contribution >= 4 is 5.97 Å². The second-order valence-corrected chi connectivity index (χ2v) is 8.45. The predicted molar refractivity (Wildman–Crippen MR) is 116 cm³/mol. The van der Waals surface area contributed by atoms with Gasteiger partial charge in [0.2, 0.25) is 0 Å². The number of epoxide rings is 1. The van der Waals surface area contributed by atoms with Crippen LogP contribution in [0.5, 0.6) is 0 Å². The smallest absolute Gasteiger partial charge is 0.306 e. The van der Waals surface area contributed by atoms with Gasteiger partial charge in [0.15, 0.2) is 0 Å². The molecule has 0 aromatic carbocycles. The highest BCUT2D eigenvalue weighted by molar-refractivity contribution is 5.69. The molecule has 3 atom stereocenters. The number of unbranched alkanes of at least 4 members (excludes halogenated alkanes) is 9. The topological polar surface area (TPSA) is 48.1 Å². The van der Waals surface area contributed by atoms with Crippen LogP contribution in [-0.4, -0.2) is 37.5 Å². The number of hydrogen-bond acceptors (Lipinski definition) is 4. The Kier molecular flexibility index (Phi) is 15.7. The molecule has 0 aromatic rings. The maximum absolute atomic E-state index is 11.8. The van der Waals surface area contributed by atoms with Gasteiger partial charge in [-0.25, -0.2) is 0 Å². The van der Waals surface area contributed by atoms with E-state index in [0.717, 1.165) is 25.9 Å². The number of carbonyl (C=O) groups excluding carboxylic acids is 1. The zero-order chi connectivity index (χ0) is 20.5. The van der Waals surface area contributed by atoms with E-state index in [1.54, 1.807) is 0 Å². The minimum absolute atomic E-state index is 0.0866. The van der Waals surface area contributed by atoms with E-state index in [9.17, 15) is 4.79 Å². The van der Waals surface area contributed by atoms with Crippen molar-refractivity contribution in [1.29, 1.82) is 0 Å². The highest BCUT2D eigenvalue weighted by Crippen LogP contribution is 2.31. The van der Waals surface area contributed by atoms with Gasteiger partial charge in [-0.15, -0.1) is 0 Å². The van der Waals surface area contributed by atoms with Gasteiger partial charge >= 0.3 is 5.97 Å². The van der Waals surface area contributed by atoms with E-state index in [-0.39, 0.29) is 12.1 Å². The Balaban J connectivity index is 1.81. The van der Waals surface area contributed by atoms with Crippen LogP contribution in [0.15, 0.2) is 0 Å². The summed E-state index contributed by atoms with van der Waals surface area (Å²) in [5, 5.41) is 0. The summed E-state index contributed by atoms with van der Waals surface area (Å²) in [6, 6.07) is 0. The van der Waals surface area contributed by atoms with E-state index < -0.39 is 0 Å². The van der Waals surface area contributed by atoms with Gasteiger partial charge in [0, 0.05) is 13.0 Å². The molecular weight excluding hydrogens is 352 g/mol. The van der Waals surface area contributed by atoms with Gasteiger partial charge in [0.1, 0.15) is 6.10 Å². The molecule has 28 heavy (non-hydrogen) atoms. The number of rotatable bonds is 20. The molecule has 3 unspecified atom stereocenters. The third-order valence-electron chi connectivity index (χ3n) is 5.43. The Morgan fingerprint density at radius 1 is 0.821 bits per heavy atom. The van der Waals surface area contributed by atoms with Crippen molar-refractivity contribution in [2.24, 2.45) is 0 Å². The first kappa shape index (κ1) is 25.4. The molecule has 0 aromatic heterocycles. The van der Waals surface area contributed by atoms with E-state index in [1.165, 1.54) is 70.6 Å². The summed E-state index contributed by atoms with van der Waals surface area (Å²) in [4.78, 5) is 11.8. The van der Waals surface area contributed by atoms with E-state index >= 15 is 0 Å². The first-order chi connectivity index (χ1) is 13.7. The molecule has 1 aliphatic rings. The first-order valence-corrected chi connectivity index (χ1v) is 12.1. The highest BCUT2D eigenvalue weighted by Gasteiger charge is 2.36. The van der Waals surface area contributed by atoms with E-state index in [1.807, 2.05) is 6.92 Å². The summed E-state index contributed by atoms with van der Waals surface area (Å²) in [6.45, 7) is 7.47. The van der Waals surface area contributed by atoms with Crippen LogP contribution in [0.1, 0.15) is 117 Å². The van der Waals surface area contributed by atoms with Crippen molar-refractivity contribution in [2.45, 2.75) is 135 Å². The molecular formula is C24H46O4. The zero-order valence-corrected chi connectivity index (χ0v) is 18.9. The average Bonchev–Trinajstić information content (AvgIpc) is 3.42. The Morgan fingerprint density at radius 3 is 2.00 bits per heavy atom. The Hall–Kier alpha value is -0.610. The molecule has 0 aliphatic carbocycles. The lowest BCUT2D eigenvalue weighted by molar-refractivity contribution is -0.151. The molecule has 0 radical (unpaired) electrons. The second-order valence-electron chi connectivity index (χ2n) is 8.45. The Morgan fingerprint density at radius 2 is 1.39 bits per heavy atom. The Bertz CT molecular complexity index is 372. The third kappa shape index (κ3) is 14.4. The van der Waals surface area contributed by atoms with Gasteiger partial charge in [-0.05, 0) is 32.6 Å². The first-order valence-electron chi connectivity index (χ1n) is 12.1. The molecule has 0 spiro atoms. The summed E-state index contributed by atoms with van der Waals surface area (Å²) >= 11 is 0. The quantitative estimate of drug-likeness (QED) is 0.132. The number of ether oxygens (including phenoxy) is 3. The molecule has 1 saturated heterocycles. The SMILES string of the molecule is CCCCCCCCC1OC1CCCCCCCC(=O)OC(C)COCCC. The van der Waals surface area contributed by atoms with Gasteiger partial charge in [-0.2, -0.15) is 0 Å². The lowest BCUT2D eigenvalue weighted by Gasteiger charge is -2.13. The standard InChI is InChI=1S/C24H46O4/c1-4-6-7-8-10-13-16-22-23(28-22)17-14-11-9-12-15-18-24(25)27-21(3)20-26-19-5-2/h21-23H,4-20H2,1-3H3. The van der Waals surface area contributed by atoms with Gasteiger partial charge in [-0.1, -0.05) is 78.1 Å². The maximum atomic E-state index is 11.8. The van der Waals surface area contributed by atoms with E-state index in [0.29, 0.717) is 25.2 Å². The fraction of sp³-hybridized carbons (Fsp3) is 0.958. The van der Waals surface area contributed by atoms with E-state index in [4.69, 9.17) is 14.2 Å². The van der Waals surface area contributed by atoms with Gasteiger partial charge in [0.05, 0.1) is 18.8 Å². The second kappa shape index (κ2) is 17.3. The van der Waals surface area contributed by atoms with Crippen LogP contribution in [0.2, 0.25) is 0 Å². The molecule has 1 rings (SSSR count). The highest BCUT2D eigenvalue weighted by atomic mass is 16.6. The molecule has 4 heteroatoms. The minimum Gasteiger partial charge on any atom is -0.460 e. The maximum Gasteiger partial charge on any atom is 0.306 e. The molecule has 0 saturated carbocycles. The molecule has 0 bridgehead atoms. The monoisotopic (exact) mass is 398 g/mol. The molecule has 166 valence electrons. The molecule has 0 N–H and O–H groups in total. The van der Waals surface area contributed by atoms with Crippen LogP contribution in [-0.2, 0) is 19.0 Å². The van der Waals surface area contributed by atoms with Crippen molar-refractivity contribution in [2.75, 3.05) is 13.2 Å². The average molecular weight is 399 g/mol. The summed E-state index contributed by atoms with van der Waals surface area (Å²) in [5.41, 5.74) is 0. The van der Waals surface area contributed by atoms with Crippen molar-refractivity contribution in [3.8, 4) is 0 Å². The van der Waals surface area contributed by atoms with Gasteiger partial charge in [-0.3, -0.25) is 4.79 Å². The Labute approximate surface area is 174 Å². The number of carbonyl (C=O) groups is 1. The zero-order valence-electron chi connectivity index (χ0n) is 18.9. The largest absolute Gasteiger partial charge is 0.460 e. The van der Waals surface area contributed by atoms with Crippen molar-refractivity contribution in [3.63, 3.8) is 0 Å². The number of esters is 1. The van der Waals surface area contributed by atoms with Crippen molar-refractivity contribution < 1.29 is 19.0 Å². The predicted octanol–water partition coefficient (Wildman–Crippen LogP) is 6.59. The molecule has 1 aliphatic heterocycles. The van der Waals surface area contributed by atoms with Crippen LogP contribution in [0.4, 0.5) is 0 Å². The molecule has 0 amide bonds. The van der Waals surface area contributed by atoms with E-state index in [2.05, 4.69) is 13.8 Å². The van der Waals surface area contributed by atoms with Crippen LogP contribution in [0.3, 0.4) is 0 Å². The third-order valence-corrected chi connectivity index (χ3v) is 5.43. The summed E-state index contributed by atoms with van der Waals surface area (Å²) < 4.78 is 16.6. The molecule has 1 heterocycles. The summed E-state index contributed by atoms with van der Waals surface area (Å²) in [7, 11) is 0. The van der Waals surface area contributed by atoms with Crippen molar-refractivity contribution in [3.05, 3.63) is 0 Å². The van der Waals surface area contributed by atoms with Crippen LogP contribution in [0.25, 0.3) is 0 Å². The number of hydrogen-bond donors (Lipinski definition) is 0. The van der Waals surface area contributed by atoms with Gasteiger partial charge in [0.25, 0.3) is 0 Å². The summed E-state index contributed by atoms with van der Waals surface area (Å²) in [6.07, 6.45) is 19.0. The van der Waals surface area contributed by atoms with Crippen LogP contribution < -0.4 is 0 Å². The minimum atomic E-state index is -0.137. The van der Waals surface area contributed by atoms with Crippen LogP contribution >= 0.6 is 0 Å². The summed E-state index contributed by atoms with van der Waals surface area (Å²) in [5.74, 6) is -0.0866. The fourth-order valence-electron chi connectivity index (χ4n) is 3.67. The van der Waals surface area contributed by atoms with Crippen LogP contribution in [0, 0.1) is 0 Å². The molecule has 4 nitrogen and oxygen atoms in total. The van der Waals surface area contributed by atoms with Gasteiger partial charge < -0.3 is 14.2 Å². The lowest BCUT2D eigenvalue weighted by atomic mass is 10.0. The molecule has 1 fully saturated rings. The normalized spacial score (nSPS) is 19.5.